The number of likely N-dealkylation sites (N-methyl/N-ethyl adjacent to an activating group) is 1. The van der Waals surface area contributed by atoms with Crippen molar-refractivity contribution in [1.82, 2.24) is 5.32 Å². The Hall–Kier alpha value is -0.240. The highest BCUT2D eigenvalue weighted by molar-refractivity contribution is 6.42. The van der Waals surface area contributed by atoms with E-state index < -0.39 is 0 Å². The van der Waals surface area contributed by atoms with Crippen LogP contribution in [0.15, 0.2) is 18.2 Å². The Morgan fingerprint density at radius 1 is 1.29 bits per heavy atom. The molecule has 0 bridgehead atoms. The lowest BCUT2D eigenvalue weighted by molar-refractivity contribution is 0.422. The van der Waals surface area contributed by atoms with Crippen molar-refractivity contribution in [1.29, 1.82) is 0 Å². The van der Waals surface area contributed by atoms with E-state index in [2.05, 4.69) is 19.2 Å². The van der Waals surface area contributed by atoms with Gasteiger partial charge in [0.25, 0.3) is 0 Å². The van der Waals surface area contributed by atoms with E-state index in [1.54, 1.807) is 6.07 Å². The van der Waals surface area contributed by atoms with E-state index >= 15 is 0 Å². The zero-order valence-corrected chi connectivity index (χ0v) is 10.2. The molecule has 0 saturated carbocycles. The molecular formula is C11H15Cl2N. The molecule has 0 aromatic heterocycles. The predicted molar refractivity (Wildman–Crippen MR) is 63.3 cm³/mol. The van der Waals surface area contributed by atoms with Gasteiger partial charge in [-0.1, -0.05) is 35.3 Å². The maximum atomic E-state index is 6.10. The third-order valence-electron chi connectivity index (χ3n) is 2.34. The molecule has 0 aliphatic carbocycles. The second kappa shape index (κ2) is 4.52. The summed E-state index contributed by atoms with van der Waals surface area (Å²) in [5.74, 6) is 0. The molecule has 1 nitrogen and oxygen atoms in total. The third kappa shape index (κ3) is 2.88. The predicted octanol–water partition coefficient (Wildman–Crippen LogP) is 3.53. The molecule has 78 valence electrons. The first-order chi connectivity index (χ1) is 6.46. The standard InChI is InChI=1S/C11H15Cl2N/c1-11(2,14-3)7-8-5-4-6-9(12)10(8)13/h4-6,14H,7H2,1-3H3. The van der Waals surface area contributed by atoms with Crippen LogP contribution in [0.5, 0.6) is 0 Å². The second-order valence-electron chi connectivity index (χ2n) is 4.02. The molecule has 0 spiro atoms. The van der Waals surface area contributed by atoms with Crippen LogP contribution in [0.3, 0.4) is 0 Å². The molecule has 1 N–H and O–H groups in total. The number of rotatable bonds is 3. The maximum Gasteiger partial charge on any atom is 0.0624 e. The minimum Gasteiger partial charge on any atom is -0.314 e. The topological polar surface area (TPSA) is 12.0 Å². The van der Waals surface area contributed by atoms with Crippen LogP contribution in [0.25, 0.3) is 0 Å². The summed E-state index contributed by atoms with van der Waals surface area (Å²) in [6.07, 6.45) is 0.864. The quantitative estimate of drug-likeness (QED) is 0.840. The Bertz CT molecular complexity index is 321. The number of halogens is 2. The van der Waals surface area contributed by atoms with Gasteiger partial charge < -0.3 is 5.32 Å². The van der Waals surface area contributed by atoms with Crippen LogP contribution in [-0.4, -0.2) is 12.6 Å². The van der Waals surface area contributed by atoms with E-state index in [0.29, 0.717) is 10.0 Å². The van der Waals surface area contributed by atoms with Gasteiger partial charge in [-0.15, -0.1) is 0 Å². The lowest BCUT2D eigenvalue weighted by Crippen LogP contribution is -2.38. The third-order valence-corrected chi connectivity index (χ3v) is 3.20. The molecule has 0 radical (unpaired) electrons. The average Bonchev–Trinajstić information content (AvgIpc) is 2.13. The van der Waals surface area contributed by atoms with Crippen molar-refractivity contribution < 1.29 is 0 Å². The van der Waals surface area contributed by atoms with E-state index in [0.717, 1.165) is 12.0 Å². The van der Waals surface area contributed by atoms with Gasteiger partial charge in [-0.3, -0.25) is 0 Å². The highest BCUT2D eigenvalue weighted by Gasteiger charge is 2.17. The Kier molecular flexibility index (Phi) is 3.82. The van der Waals surface area contributed by atoms with Gasteiger partial charge in [0.05, 0.1) is 10.0 Å². The Balaban J connectivity index is 2.92. The molecule has 14 heavy (non-hydrogen) atoms. The van der Waals surface area contributed by atoms with Gasteiger partial charge in [0.2, 0.25) is 0 Å². The maximum absolute atomic E-state index is 6.10. The number of benzene rings is 1. The van der Waals surface area contributed by atoms with Crippen molar-refractivity contribution >= 4 is 23.2 Å². The summed E-state index contributed by atoms with van der Waals surface area (Å²) < 4.78 is 0. The summed E-state index contributed by atoms with van der Waals surface area (Å²) in [5.41, 5.74) is 1.12. The van der Waals surface area contributed by atoms with Gasteiger partial charge >= 0.3 is 0 Å². The molecule has 0 fully saturated rings. The molecule has 0 atom stereocenters. The van der Waals surface area contributed by atoms with Gasteiger partial charge in [-0.05, 0) is 38.9 Å². The normalized spacial score (nSPS) is 11.8. The molecule has 0 aliphatic heterocycles. The van der Waals surface area contributed by atoms with Crippen LogP contribution in [0.4, 0.5) is 0 Å². The minimum absolute atomic E-state index is 0.0360. The Morgan fingerprint density at radius 3 is 2.50 bits per heavy atom. The van der Waals surface area contributed by atoms with E-state index in [-0.39, 0.29) is 5.54 Å². The molecule has 1 rings (SSSR count). The van der Waals surface area contributed by atoms with Crippen LogP contribution >= 0.6 is 23.2 Å². The van der Waals surface area contributed by atoms with Crippen molar-refractivity contribution in [2.24, 2.45) is 0 Å². The van der Waals surface area contributed by atoms with Gasteiger partial charge in [-0.2, -0.15) is 0 Å². The number of hydrogen-bond acceptors (Lipinski definition) is 1. The Labute approximate surface area is 95.4 Å². The average molecular weight is 232 g/mol. The van der Waals surface area contributed by atoms with Crippen molar-refractivity contribution in [3.63, 3.8) is 0 Å². The number of nitrogens with one attached hydrogen (secondary N) is 1. The zero-order valence-electron chi connectivity index (χ0n) is 8.70. The fourth-order valence-corrected chi connectivity index (χ4v) is 1.64. The molecule has 0 unspecified atom stereocenters. The van der Waals surface area contributed by atoms with Gasteiger partial charge in [0, 0.05) is 5.54 Å². The highest BCUT2D eigenvalue weighted by atomic mass is 35.5. The SMILES string of the molecule is CNC(C)(C)Cc1cccc(Cl)c1Cl. The summed E-state index contributed by atoms with van der Waals surface area (Å²) in [6, 6.07) is 5.74. The molecule has 0 heterocycles. The lowest BCUT2D eigenvalue weighted by atomic mass is 9.95. The largest absolute Gasteiger partial charge is 0.314 e. The van der Waals surface area contributed by atoms with Gasteiger partial charge in [-0.25, -0.2) is 0 Å². The molecule has 1 aromatic carbocycles. The first-order valence-corrected chi connectivity index (χ1v) is 5.34. The first kappa shape index (κ1) is 11.8. The summed E-state index contributed by atoms with van der Waals surface area (Å²) in [5, 5.41) is 4.52. The highest BCUT2D eigenvalue weighted by Crippen LogP contribution is 2.27. The zero-order chi connectivity index (χ0) is 10.8. The fourth-order valence-electron chi connectivity index (χ4n) is 1.25. The fraction of sp³-hybridized carbons (Fsp3) is 0.455. The van der Waals surface area contributed by atoms with Crippen molar-refractivity contribution in [2.75, 3.05) is 7.05 Å². The van der Waals surface area contributed by atoms with Crippen LogP contribution in [0, 0.1) is 0 Å². The van der Waals surface area contributed by atoms with Gasteiger partial charge in [0.1, 0.15) is 0 Å². The molecule has 0 aliphatic rings. The van der Waals surface area contributed by atoms with E-state index in [1.807, 2.05) is 19.2 Å². The van der Waals surface area contributed by atoms with E-state index in [4.69, 9.17) is 23.2 Å². The smallest absolute Gasteiger partial charge is 0.0624 e. The minimum atomic E-state index is 0.0360. The first-order valence-electron chi connectivity index (χ1n) is 4.58. The molecule has 3 heteroatoms. The summed E-state index contributed by atoms with van der Waals surface area (Å²) in [6.45, 7) is 4.26. The lowest BCUT2D eigenvalue weighted by Gasteiger charge is -2.24. The van der Waals surface area contributed by atoms with E-state index in [9.17, 15) is 0 Å². The summed E-state index contributed by atoms with van der Waals surface area (Å²) in [7, 11) is 1.94. The Morgan fingerprint density at radius 2 is 1.93 bits per heavy atom. The van der Waals surface area contributed by atoms with Crippen LogP contribution in [0.2, 0.25) is 10.0 Å². The van der Waals surface area contributed by atoms with Crippen LogP contribution in [0.1, 0.15) is 19.4 Å². The molecular weight excluding hydrogens is 217 g/mol. The summed E-state index contributed by atoms with van der Waals surface area (Å²) in [4.78, 5) is 0. The molecule has 0 saturated heterocycles. The van der Waals surface area contributed by atoms with Crippen molar-refractivity contribution in [3.8, 4) is 0 Å². The van der Waals surface area contributed by atoms with Crippen LogP contribution in [-0.2, 0) is 6.42 Å². The monoisotopic (exact) mass is 231 g/mol. The van der Waals surface area contributed by atoms with Gasteiger partial charge in [0.15, 0.2) is 0 Å². The summed E-state index contributed by atoms with van der Waals surface area (Å²) >= 11 is 12.0. The molecule has 0 amide bonds. The van der Waals surface area contributed by atoms with Crippen molar-refractivity contribution in [3.05, 3.63) is 33.8 Å². The van der Waals surface area contributed by atoms with Crippen LogP contribution < -0.4 is 5.32 Å². The van der Waals surface area contributed by atoms with E-state index in [1.165, 1.54) is 0 Å². The van der Waals surface area contributed by atoms with Crippen molar-refractivity contribution in [2.45, 2.75) is 25.8 Å². The second-order valence-corrected chi connectivity index (χ2v) is 4.81. The number of hydrogen-bond donors (Lipinski definition) is 1. The molecule has 1 aromatic rings.